The number of aliphatic hydroxyl groups excluding tert-OH is 2. The van der Waals surface area contributed by atoms with Gasteiger partial charge in [-0.3, -0.25) is 24.3 Å². The molecule has 1 heterocycles. The number of primary amides is 1. The third-order valence-electron chi connectivity index (χ3n) is 8.23. The predicted molar refractivity (Wildman–Crippen MR) is 145 cm³/mol. The van der Waals surface area contributed by atoms with Gasteiger partial charge >= 0.3 is 0 Å². The van der Waals surface area contributed by atoms with E-state index in [9.17, 15) is 34.8 Å². The molecule has 11 nitrogen and oxygen atoms in total. The van der Waals surface area contributed by atoms with Crippen molar-refractivity contribution in [3.05, 3.63) is 64.1 Å². The molecule has 0 aliphatic heterocycles. The maximum Gasteiger partial charge on any atom is 0.255 e. The van der Waals surface area contributed by atoms with Gasteiger partial charge in [-0.15, -0.1) is 0 Å². The number of aromatic hydroxyl groups is 1. The lowest BCUT2D eigenvalue weighted by Gasteiger charge is -2.50. The second-order valence-corrected chi connectivity index (χ2v) is 11.2. The number of carbonyl (C=O) groups is 3. The molecule has 6 N–H and O–H groups in total. The van der Waals surface area contributed by atoms with Gasteiger partial charge in [0.15, 0.2) is 11.4 Å². The second-order valence-electron chi connectivity index (χ2n) is 11.2. The second kappa shape index (κ2) is 9.54. The molecule has 11 heteroatoms. The minimum atomic E-state index is -2.68. The highest BCUT2D eigenvalue weighted by atomic mass is 16.3. The average molecular weight is 549 g/mol. The number of aliphatic hydroxyl groups is 3. The minimum Gasteiger partial charge on any atom is -0.508 e. The molecule has 3 aliphatic rings. The van der Waals surface area contributed by atoms with Crippen molar-refractivity contribution in [2.45, 2.75) is 31.0 Å². The van der Waals surface area contributed by atoms with Crippen LogP contribution in [0.3, 0.4) is 0 Å². The van der Waals surface area contributed by atoms with E-state index >= 15 is 0 Å². The molecule has 2 aromatic rings. The maximum atomic E-state index is 14.1. The molecular formula is C29H32N4O7. The van der Waals surface area contributed by atoms with Gasteiger partial charge in [-0.2, -0.15) is 0 Å². The van der Waals surface area contributed by atoms with Crippen LogP contribution in [0.1, 0.15) is 23.1 Å². The number of phenols is 1. The van der Waals surface area contributed by atoms with Crippen LogP contribution in [0.25, 0.3) is 17.0 Å². The van der Waals surface area contributed by atoms with Gasteiger partial charge in [0, 0.05) is 35.4 Å². The Morgan fingerprint density at radius 3 is 2.42 bits per heavy atom. The Bertz CT molecular complexity index is 1510. The van der Waals surface area contributed by atoms with Crippen molar-refractivity contribution in [2.75, 3.05) is 28.2 Å². The molecule has 1 saturated carbocycles. The lowest BCUT2D eigenvalue weighted by Crippen LogP contribution is -2.65. The smallest absolute Gasteiger partial charge is 0.255 e. The first-order valence-corrected chi connectivity index (χ1v) is 12.9. The van der Waals surface area contributed by atoms with Crippen LogP contribution in [-0.4, -0.2) is 92.5 Å². The minimum absolute atomic E-state index is 0.0215. The van der Waals surface area contributed by atoms with Crippen LogP contribution < -0.4 is 5.73 Å². The quantitative estimate of drug-likeness (QED) is 0.340. The van der Waals surface area contributed by atoms with Gasteiger partial charge in [0.1, 0.15) is 22.8 Å². The zero-order valence-corrected chi connectivity index (χ0v) is 22.7. The first-order valence-electron chi connectivity index (χ1n) is 12.9. The molecule has 40 heavy (non-hydrogen) atoms. The SMILES string of the molecule is CN(C)Cc1cc(-c2ccccn2)c2c(c1O)C(O)=C1C(=O)[C@]3(O)C(O)=C(C(N)=O)C(=O)[C@@H](N(C)C)[C@@H]3C[C@@H]1C2. The lowest BCUT2D eigenvalue weighted by atomic mass is 9.57. The maximum absolute atomic E-state index is 14.1. The largest absolute Gasteiger partial charge is 0.508 e. The average Bonchev–Trinajstić information content (AvgIpc) is 2.87. The van der Waals surface area contributed by atoms with Gasteiger partial charge < -0.3 is 31.1 Å². The van der Waals surface area contributed by atoms with Gasteiger partial charge in [-0.25, -0.2) is 0 Å². The summed E-state index contributed by atoms with van der Waals surface area (Å²) in [5, 5.41) is 45.7. The predicted octanol–water partition coefficient (Wildman–Crippen LogP) is 1.09. The number of benzene rings is 1. The number of carbonyl (C=O) groups excluding carboxylic acids is 3. The molecule has 1 amide bonds. The molecule has 5 rings (SSSR count). The third-order valence-corrected chi connectivity index (χ3v) is 8.23. The van der Waals surface area contributed by atoms with Crippen LogP contribution in [0.5, 0.6) is 5.75 Å². The summed E-state index contributed by atoms with van der Waals surface area (Å²) in [7, 11) is 6.78. The van der Waals surface area contributed by atoms with Gasteiger partial charge in [-0.05, 0) is 70.7 Å². The Kier molecular flexibility index (Phi) is 6.56. The summed E-state index contributed by atoms with van der Waals surface area (Å²) in [6, 6.07) is 6.08. The van der Waals surface area contributed by atoms with Crippen molar-refractivity contribution in [1.29, 1.82) is 0 Å². The number of phenolic OH excluding ortho intramolecular Hbond substituents is 1. The highest BCUT2D eigenvalue weighted by Gasteiger charge is 2.64. The molecule has 0 spiro atoms. The van der Waals surface area contributed by atoms with E-state index in [0.717, 1.165) is 0 Å². The number of hydrogen-bond acceptors (Lipinski definition) is 10. The molecule has 1 aromatic heterocycles. The Morgan fingerprint density at radius 2 is 1.85 bits per heavy atom. The number of likely N-dealkylation sites (N-methyl/N-ethyl adjacent to an activating group) is 1. The highest BCUT2D eigenvalue weighted by Crippen LogP contribution is 2.54. The molecular weight excluding hydrogens is 516 g/mol. The van der Waals surface area contributed by atoms with Gasteiger partial charge in [0.2, 0.25) is 5.78 Å². The number of hydrogen-bond donors (Lipinski definition) is 5. The standard InChI is InChI=1S/C29H32N4O7/c1-32(2)12-14-10-15(18-7-5-6-8-31-18)16-9-13-11-17-22(33(3)4)25(36)21(28(30)39)27(38)29(17,40)26(37)19(13)24(35)20(16)23(14)34/h5-8,10,13,17,22,34-35,38,40H,9,11-12H2,1-4H3,(H2,30,39)/t13-,17-,22-,29-/m0/s1. The molecule has 0 saturated heterocycles. The van der Waals surface area contributed by atoms with Crippen LogP contribution in [0.15, 0.2) is 47.4 Å². The van der Waals surface area contributed by atoms with E-state index < -0.39 is 58.0 Å². The van der Waals surface area contributed by atoms with E-state index in [2.05, 4.69) is 4.98 Å². The first kappa shape index (κ1) is 27.5. The van der Waals surface area contributed by atoms with E-state index in [1.165, 1.54) is 4.90 Å². The van der Waals surface area contributed by atoms with Crippen LogP contribution >= 0.6 is 0 Å². The van der Waals surface area contributed by atoms with Gasteiger partial charge in [-0.1, -0.05) is 6.07 Å². The zero-order valence-electron chi connectivity index (χ0n) is 22.7. The van der Waals surface area contributed by atoms with Gasteiger partial charge in [0.25, 0.3) is 5.91 Å². The Hall–Kier alpha value is -4.06. The number of nitrogens with two attached hydrogens (primary N) is 1. The molecule has 1 aromatic carbocycles. The summed E-state index contributed by atoms with van der Waals surface area (Å²) in [4.78, 5) is 47.3. The number of nitrogens with zero attached hydrogens (tertiary/aromatic N) is 3. The van der Waals surface area contributed by atoms with E-state index in [1.54, 1.807) is 26.4 Å². The fourth-order valence-electron chi connectivity index (χ4n) is 6.58. The summed E-state index contributed by atoms with van der Waals surface area (Å²) in [5.41, 5.74) is 4.09. The fourth-order valence-corrected chi connectivity index (χ4v) is 6.58. The molecule has 0 unspecified atom stereocenters. The third kappa shape index (κ3) is 3.84. The summed E-state index contributed by atoms with van der Waals surface area (Å²) in [6.45, 7) is 0.322. The Labute approximate surface area is 230 Å². The van der Waals surface area contributed by atoms with Crippen molar-refractivity contribution in [3.8, 4) is 17.0 Å². The number of fused-ring (bicyclic) bond motifs is 3. The molecule has 0 radical (unpaired) electrons. The number of aromatic nitrogens is 1. The number of Topliss-reactive ketones (excluding diaryl/α,β-unsaturated/α-hetero) is 2. The van der Waals surface area contributed by atoms with Crippen LogP contribution in [0, 0.1) is 11.8 Å². The van der Waals surface area contributed by atoms with E-state index in [4.69, 9.17) is 5.73 Å². The fraction of sp³-hybridized carbons (Fsp3) is 0.379. The Balaban J connectivity index is 1.78. The first-order chi connectivity index (χ1) is 18.8. The Morgan fingerprint density at radius 1 is 1.15 bits per heavy atom. The zero-order chi connectivity index (χ0) is 29.3. The molecule has 1 fully saturated rings. The normalized spacial score (nSPS) is 26.2. The highest BCUT2D eigenvalue weighted by molar-refractivity contribution is 6.24. The monoisotopic (exact) mass is 548 g/mol. The van der Waals surface area contributed by atoms with E-state index in [1.807, 2.05) is 37.2 Å². The molecule has 4 atom stereocenters. The van der Waals surface area contributed by atoms with Crippen molar-refractivity contribution in [1.82, 2.24) is 14.8 Å². The van der Waals surface area contributed by atoms with Crippen LogP contribution in [0.4, 0.5) is 0 Å². The van der Waals surface area contributed by atoms with Crippen molar-refractivity contribution in [2.24, 2.45) is 17.6 Å². The van der Waals surface area contributed by atoms with Crippen molar-refractivity contribution in [3.63, 3.8) is 0 Å². The number of amides is 1. The summed E-state index contributed by atoms with van der Waals surface area (Å²) in [6.07, 6.45) is 1.85. The van der Waals surface area contributed by atoms with Crippen molar-refractivity contribution >= 4 is 23.2 Å². The van der Waals surface area contributed by atoms with E-state index in [-0.39, 0.29) is 29.7 Å². The van der Waals surface area contributed by atoms with Crippen LogP contribution in [0.2, 0.25) is 0 Å². The van der Waals surface area contributed by atoms with Crippen LogP contribution in [-0.2, 0) is 27.3 Å². The lowest BCUT2D eigenvalue weighted by molar-refractivity contribution is -0.153. The molecule has 3 aliphatic carbocycles. The number of ketones is 2. The van der Waals surface area contributed by atoms with Crippen molar-refractivity contribution < 1.29 is 34.8 Å². The van der Waals surface area contributed by atoms with E-state index in [0.29, 0.717) is 28.9 Å². The molecule has 210 valence electrons. The number of rotatable bonds is 5. The topological polar surface area (TPSA) is 178 Å². The summed E-state index contributed by atoms with van der Waals surface area (Å²) < 4.78 is 0. The molecule has 0 bridgehead atoms. The summed E-state index contributed by atoms with van der Waals surface area (Å²) in [5.74, 6) is -6.73. The number of pyridine rings is 1. The van der Waals surface area contributed by atoms with Gasteiger partial charge in [0.05, 0.1) is 17.3 Å². The summed E-state index contributed by atoms with van der Waals surface area (Å²) >= 11 is 0.